The minimum absolute atomic E-state index is 0.116. The molecular weight excluding hydrogens is 188 g/mol. The lowest BCUT2D eigenvalue weighted by Crippen LogP contribution is -2.24. The van der Waals surface area contributed by atoms with Gasteiger partial charge in [0, 0.05) is 5.69 Å². The highest BCUT2D eigenvalue weighted by molar-refractivity contribution is 6.67. The summed E-state index contributed by atoms with van der Waals surface area (Å²) in [6.07, 6.45) is 1.51. The minimum Gasteiger partial charge on any atom is -0.275 e. The van der Waals surface area contributed by atoms with E-state index in [1.165, 1.54) is 6.20 Å². The first kappa shape index (κ1) is 10.3. The molecule has 13 heavy (non-hydrogen) atoms. The molecule has 0 aliphatic heterocycles. The van der Waals surface area contributed by atoms with Crippen molar-refractivity contribution in [3.05, 3.63) is 17.5 Å². The Bertz CT molecular complexity index is 336. The Morgan fingerprint density at radius 2 is 2.08 bits per heavy atom. The smallest absolute Gasteiger partial charge is 0.255 e. The second kappa shape index (κ2) is 3.14. The molecule has 0 N–H and O–H groups in total. The van der Waals surface area contributed by atoms with E-state index in [2.05, 4.69) is 5.10 Å². The molecule has 4 heteroatoms. The molecule has 3 nitrogen and oxygen atoms in total. The first-order valence-electron chi connectivity index (χ1n) is 4.09. The van der Waals surface area contributed by atoms with Gasteiger partial charge in [-0.2, -0.15) is 5.10 Å². The van der Waals surface area contributed by atoms with Crippen molar-refractivity contribution in [2.75, 3.05) is 0 Å². The van der Waals surface area contributed by atoms with Crippen molar-refractivity contribution in [1.29, 1.82) is 0 Å². The molecule has 0 aliphatic rings. The molecule has 0 aliphatic carbocycles. The highest BCUT2D eigenvalue weighted by Gasteiger charge is 2.20. The van der Waals surface area contributed by atoms with Gasteiger partial charge < -0.3 is 0 Å². The summed E-state index contributed by atoms with van der Waals surface area (Å²) in [6, 6.07) is 0. The van der Waals surface area contributed by atoms with Crippen LogP contribution in [0.25, 0.3) is 0 Å². The van der Waals surface area contributed by atoms with Crippen LogP contribution in [0.5, 0.6) is 0 Å². The molecule has 1 aromatic rings. The molecule has 72 valence electrons. The zero-order valence-corrected chi connectivity index (χ0v) is 9.01. The quantitative estimate of drug-likeness (QED) is 0.653. The molecule has 1 rings (SSSR count). The Morgan fingerprint density at radius 1 is 1.54 bits per heavy atom. The average Bonchev–Trinajstić information content (AvgIpc) is 2.28. The Hall–Kier alpha value is -0.830. The highest BCUT2D eigenvalue weighted by Crippen LogP contribution is 2.19. The molecule has 0 fully saturated rings. The minimum atomic E-state index is -0.451. The molecule has 0 saturated carbocycles. The fourth-order valence-corrected chi connectivity index (χ4v) is 1.46. The maximum atomic E-state index is 10.9. The molecule has 0 unspecified atom stereocenters. The third-order valence-corrected chi connectivity index (χ3v) is 2.06. The third-order valence-electron chi connectivity index (χ3n) is 1.86. The SMILES string of the molecule is Cc1c(C(=O)Cl)cnn1C(C)(C)C. The van der Waals surface area contributed by atoms with Gasteiger partial charge in [-0.3, -0.25) is 9.48 Å². The predicted octanol–water partition coefficient (Wildman–Crippen LogP) is 2.33. The van der Waals surface area contributed by atoms with Crippen LogP contribution in [0.4, 0.5) is 0 Å². The van der Waals surface area contributed by atoms with E-state index < -0.39 is 5.24 Å². The average molecular weight is 201 g/mol. The van der Waals surface area contributed by atoms with Crippen LogP contribution in [0.3, 0.4) is 0 Å². The Kier molecular flexibility index (Phi) is 2.48. The van der Waals surface area contributed by atoms with E-state index in [4.69, 9.17) is 11.6 Å². The van der Waals surface area contributed by atoms with Crippen molar-refractivity contribution in [3.63, 3.8) is 0 Å². The van der Waals surface area contributed by atoms with Crippen molar-refractivity contribution < 1.29 is 4.79 Å². The number of hydrogen-bond donors (Lipinski definition) is 0. The zero-order valence-electron chi connectivity index (χ0n) is 8.26. The van der Waals surface area contributed by atoms with Gasteiger partial charge in [0.25, 0.3) is 5.24 Å². The number of nitrogens with zero attached hydrogens (tertiary/aromatic N) is 2. The lowest BCUT2D eigenvalue weighted by molar-refractivity contribution is 0.108. The van der Waals surface area contributed by atoms with E-state index in [1.54, 1.807) is 4.68 Å². The summed E-state index contributed by atoms with van der Waals surface area (Å²) < 4.78 is 1.79. The first-order valence-corrected chi connectivity index (χ1v) is 4.47. The van der Waals surface area contributed by atoms with Gasteiger partial charge in [0.1, 0.15) is 0 Å². The van der Waals surface area contributed by atoms with Crippen LogP contribution < -0.4 is 0 Å². The van der Waals surface area contributed by atoms with Gasteiger partial charge in [-0.15, -0.1) is 0 Å². The summed E-state index contributed by atoms with van der Waals surface area (Å²) in [5.74, 6) is 0. The molecular formula is C9H13ClN2O. The van der Waals surface area contributed by atoms with Crippen molar-refractivity contribution in [2.45, 2.75) is 33.2 Å². The van der Waals surface area contributed by atoms with Crippen LogP contribution in [0.2, 0.25) is 0 Å². The lowest BCUT2D eigenvalue weighted by Gasteiger charge is -2.21. The number of halogens is 1. The van der Waals surface area contributed by atoms with Gasteiger partial charge in [0.15, 0.2) is 0 Å². The molecule has 0 saturated heterocycles. The van der Waals surface area contributed by atoms with Gasteiger partial charge in [-0.1, -0.05) is 0 Å². The number of rotatable bonds is 1. The van der Waals surface area contributed by atoms with Gasteiger partial charge in [-0.05, 0) is 39.3 Å². The first-order chi connectivity index (χ1) is 5.84. The number of carbonyl (C=O) groups is 1. The topological polar surface area (TPSA) is 34.9 Å². The van der Waals surface area contributed by atoms with Gasteiger partial charge in [-0.25, -0.2) is 0 Å². The van der Waals surface area contributed by atoms with E-state index >= 15 is 0 Å². The molecule has 0 bridgehead atoms. The molecule has 1 aromatic heterocycles. The molecule has 0 spiro atoms. The van der Waals surface area contributed by atoms with Gasteiger partial charge in [0.05, 0.1) is 17.3 Å². The van der Waals surface area contributed by atoms with E-state index in [-0.39, 0.29) is 5.54 Å². The fraction of sp³-hybridized carbons (Fsp3) is 0.556. The second-order valence-electron chi connectivity index (χ2n) is 4.00. The van der Waals surface area contributed by atoms with E-state index in [0.717, 1.165) is 5.69 Å². The number of aromatic nitrogens is 2. The van der Waals surface area contributed by atoms with Crippen LogP contribution >= 0.6 is 11.6 Å². The number of carbonyl (C=O) groups excluding carboxylic acids is 1. The van der Waals surface area contributed by atoms with Crippen molar-refractivity contribution in [2.24, 2.45) is 0 Å². The molecule has 0 radical (unpaired) electrons. The largest absolute Gasteiger partial charge is 0.275 e. The predicted molar refractivity (Wildman–Crippen MR) is 52.1 cm³/mol. The van der Waals surface area contributed by atoms with E-state index in [0.29, 0.717) is 5.56 Å². The van der Waals surface area contributed by atoms with E-state index in [9.17, 15) is 4.79 Å². The molecule has 0 atom stereocenters. The lowest BCUT2D eigenvalue weighted by atomic mass is 10.1. The van der Waals surface area contributed by atoms with Crippen LogP contribution in [0.15, 0.2) is 6.20 Å². The van der Waals surface area contributed by atoms with Crippen LogP contribution in [-0.2, 0) is 5.54 Å². The zero-order chi connectivity index (χ0) is 10.2. The maximum Gasteiger partial charge on any atom is 0.255 e. The maximum absolute atomic E-state index is 10.9. The van der Waals surface area contributed by atoms with Crippen LogP contribution in [0, 0.1) is 6.92 Å². The van der Waals surface area contributed by atoms with Crippen LogP contribution in [-0.4, -0.2) is 15.0 Å². The molecule has 0 amide bonds. The van der Waals surface area contributed by atoms with Crippen LogP contribution in [0.1, 0.15) is 36.8 Å². The standard InChI is InChI=1S/C9H13ClN2O/c1-6-7(8(10)13)5-11-12(6)9(2,3)4/h5H,1-4H3. The Labute approximate surface area is 82.7 Å². The normalized spacial score (nSPS) is 11.8. The van der Waals surface area contributed by atoms with Crippen molar-refractivity contribution in [1.82, 2.24) is 9.78 Å². The fourth-order valence-electron chi connectivity index (χ4n) is 1.28. The number of hydrogen-bond acceptors (Lipinski definition) is 2. The molecule has 1 heterocycles. The Balaban J connectivity index is 3.22. The summed E-state index contributed by atoms with van der Waals surface area (Å²) in [6.45, 7) is 7.91. The second-order valence-corrected chi connectivity index (χ2v) is 4.34. The van der Waals surface area contributed by atoms with Crippen molar-refractivity contribution in [3.8, 4) is 0 Å². The Morgan fingerprint density at radius 3 is 2.31 bits per heavy atom. The third kappa shape index (κ3) is 1.91. The van der Waals surface area contributed by atoms with E-state index in [1.807, 2.05) is 27.7 Å². The van der Waals surface area contributed by atoms with Gasteiger partial charge in [0.2, 0.25) is 0 Å². The highest BCUT2D eigenvalue weighted by atomic mass is 35.5. The molecule has 0 aromatic carbocycles. The van der Waals surface area contributed by atoms with Crippen molar-refractivity contribution >= 4 is 16.8 Å². The summed E-state index contributed by atoms with van der Waals surface area (Å²) in [4.78, 5) is 10.9. The summed E-state index contributed by atoms with van der Waals surface area (Å²) >= 11 is 5.38. The summed E-state index contributed by atoms with van der Waals surface area (Å²) in [7, 11) is 0. The van der Waals surface area contributed by atoms with Gasteiger partial charge >= 0.3 is 0 Å². The summed E-state index contributed by atoms with van der Waals surface area (Å²) in [5.41, 5.74) is 1.18. The summed E-state index contributed by atoms with van der Waals surface area (Å²) in [5, 5.41) is 3.67. The monoisotopic (exact) mass is 200 g/mol.